The molecule has 2 aromatic heterocycles. The minimum atomic E-state index is -0.124. The van der Waals surface area contributed by atoms with Crippen molar-refractivity contribution in [2.24, 2.45) is 0 Å². The maximum atomic E-state index is 12.9. The van der Waals surface area contributed by atoms with E-state index in [9.17, 15) is 4.79 Å². The fourth-order valence-corrected chi connectivity index (χ4v) is 3.97. The van der Waals surface area contributed by atoms with Gasteiger partial charge in [-0.25, -0.2) is 4.98 Å². The Hall–Kier alpha value is -2.99. The van der Waals surface area contributed by atoms with Gasteiger partial charge in [-0.2, -0.15) is 5.10 Å². The van der Waals surface area contributed by atoms with E-state index in [0.717, 1.165) is 26.5 Å². The second-order valence-corrected chi connectivity index (χ2v) is 7.71. The topological polar surface area (TPSA) is 61.9 Å². The number of aromatic amines is 1. The van der Waals surface area contributed by atoms with Crippen LogP contribution in [0, 0.1) is 6.92 Å². The molecule has 5 nitrogen and oxygen atoms in total. The van der Waals surface area contributed by atoms with Crippen molar-refractivity contribution in [1.29, 1.82) is 0 Å². The Morgan fingerprint density at radius 3 is 2.63 bits per heavy atom. The van der Waals surface area contributed by atoms with Crippen molar-refractivity contribution in [1.82, 2.24) is 20.1 Å². The zero-order chi connectivity index (χ0) is 19.0. The summed E-state index contributed by atoms with van der Waals surface area (Å²) < 4.78 is 1.13. The van der Waals surface area contributed by atoms with Crippen LogP contribution in [0.5, 0.6) is 0 Å². The van der Waals surface area contributed by atoms with E-state index < -0.39 is 0 Å². The molecule has 0 saturated heterocycles. The number of aromatic nitrogens is 3. The molecule has 0 aliphatic rings. The molecule has 1 N–H and O–H groups in total. The molecule has 0 aliphatic carbocycles. The SMILES string of the molecule is Cc1ccc(-c2cc(C(=O)N(C)[C@@H](C)c3nc4ccccc4s3)[nH]n2)cc1. The maximum Gasteiger partial charge on any atom is 0.272 e. The van der Waals surface area contributed by atoms with Crippen molar-refractivity contribution >= 4 is 27.5 Å². The number of hydrogen-bond donors (Lipinski definition) is 1. The maximum absolute atomic E-state index is 12.9. The first-order chi connectivity index (χ1) is 13.0. The summed E-state index contributed by atoms with van der Waals surface area (Å²) in [6.45, 7) is 4.04. The Morgan fingerprint density at radius 2 is 1.89 bits per heavy atom. The summed E-state index contributed by atoms with van der Waals surface area (Å²) in [5, 5.41) is 8.10. The van der Waals surface area contributed by atoms with Crippen molar-refractivity contribution in [3.05, 3.63) is 70.9 Å². The molecule has 0 aliphatic heterocycles. The zero-order valence-corrected chi connectivity index (χ0v) is 16.2. The highest BCUT2D eigenvalue weighted by atomic mass is 32.1. The third-order valence-corrected chi connectivity index (χ3v) is 5.93. The van der Waals surface area contributed by atoms with E-state index in [1.54, 1.807) is 29.4 Å². The number of hydrogen-bond acceptors (Lipinski definition) is 4. The Labute approximate surface area is 161 Å². The summed E-state index contributed by atoms with van der Waals surface area (Å²) in [5.41, 5.74) is 4.38. The number of nitrogens with one attached hydrogen (secondary N) is 1. The number of aryl methyl sites for hydroxylation is 1. The van der Waals surface area contributed by atoms with Crippen molar-refractivity contribution in [3.8, 4) is 11.3 Å². The molecule has 6 heteroatoms. The van der Waals surface area contributed by atoms with E-state index in [-0.39, 0.29) is 11.9 Å². The zero-order valence-electron chi connectivity index (χ0n) is 15.4. The molecule has 0 radical (unpaired) electrons. The van der Waals surface area contributed by atoms with E-state index in [1.807, 2.05) is 62.4 Å². The van der Waals surface area contributed by atoms with Gasteiger partial charge in [0.15, 0.2) is 0 Å². The number of benzene rings is 2. The highest BCUT2D eigenvalue weighted by Gasteiger charge is 2.23. The number of carbonyl (C=O) groups is 1. The van der Waals surface area contributed by atoms with Crippen LogP contribution in [0.3, 0.4) is 0 Å². The molecule has 2 heterocycles. The van der Waals surface area contributed by atoms with Gasteiger partial charge < -0.3 is 4.90 Å². The smallest absolute Gasteiger partial charge is 0.272 e. The summed E-state index contributed by atoms with van der Waals surface area (Å²) in [4.78, 5) is 19.3. The van der Waals surface area contributed by atoms with Crippen molar-refractivity contribution in [2.75, 3.05) is 7.05 Å². The fraction of sp³-hybridized carbons (Fsp3) is 0.190. The number of amides is 1. The Balaban J connectivity index is 1.55. The van der Waals surface area contributed by atoms with E-state index in [0.29, 0.717) is 5.69 Å². The number of fused-ring (bicyclic) bond motifs is 1. The normalized spacial score (nSPS) is 12.3. The van der Waals surface area contributed by atoms with Gasteiger partial charge in [-0.05, 0) is 32.0 Å². The van der Waals surface area contributed by atoms with E-state index >= 15 is 0 Å². The number of nitrogens with zero attached hydrogens (tertiary/aromatic N) is 3. The van der Waals surface area contributed by atoms with Gasteiger partial charge in [0.2, 0.25) is 0 Å². The minimum absolute atomic E-state index is 0.104. The Kier molecular flexibility index (Phi) is 4.49. The monoisotopic (exact) mass is 376 g/mol. The summed E-state index contributed by atoms with van der Waals surface area (Å²) >= 11 is 1.62. The van der Waals surface area contributed by atoms with Gasteiger partial charge in [-0.3, -0.25) is 9.89 Å². The molecule has 1 atom stereocenters. The number of H-pyrrole nitrogens is 1. The van der Waals surface area contributed by atoms with Gasteiger partial charge in [-0.1, -0.05) is 42.0 Å². The summed E-state index contributed by atoms with van der Waals surface area (Å²) in [7, 11) is 1.80. The summed E-state index contributed by atoms with van der Waals surface area (Å²) in [5.74, 6) is -0.104. The molecule has 0 fully saturated rings. The molecule has 0 unspecified atom stereocenters. The second kappa shape index (κ2) is 6.96. The van der Waals surface area contributed by atoms with E-state index in [1.165, 1.54) is 5.56 Å². The molecule has 0 saturated carbocycles. The molecule has 0 spiro atoms. The molecular weight excluding hydrogens is 356 g/mol. The second-order valence-electron chi connectivity index (χ2n) is 6.64. The first kappa shape index (κ1) is 17.4. The molecule has 4 rings (SSSR count). The predicted molar refractivity (Wildman–Crippen MR) is 109 cm³/mol. The number of rotatable bonds is 4. The summed E-state index contributed by atoms with van der Waals surface area (Å²) in [6, 6.07) is 17.8. The van der Waals surface area contributed by atoms with Gasteiger partial charge in [-0.15, -0.1) is 11.3 Å². The average molecular weight is 376 g/mol. The van der Waals surface area contributed by atoms with Crippen LogP contribution in [0.1, 0.15) is 34.0 Å². The highest BCUT2D eigenvalue weighted by Crippen LogP contribution is 2.29. The molecule has 1 amide bonds. The average Bonchev–Trinajstić information content (AvgIpc) is 3.34. The van der Waals surface area contributed by atoms with E-state index in [2.05, 4.69) is 15.2 Å². The van der Waals surface area contributed by atoms with Crippen LogP contribution >= 0.6 is 11.3 Å². The number of carbonyl (C=O) groups excluding carboxylic acids is 1. The van der Waals surface area contributed by atoms with Gasteiger partial charge in [0.05, 0.1) is 22.0 Å². The third-order valence-electron chi connectivity index (χ3n) is 4.72. The van der Waals surface area contributed by atoms with Crippen LogP contribution in [0.15, 0.2) is 54.6 Å². The molecule has 0 bridgehead atoms. The lowest BCUT2D eigenvalue weighted by atomic mass is 10.1. The molecular formula is C21H20N4OS. The molecule has 27 heavy (non-hydrogen) atoms. The fourth-order valence-electron chi connectivity index (χ4n) is 2.90. The summed E-state index contributed by atoms with van der Waals surface area (Å²) in [6.07, 6.45) is 0. The molecule has 4 aromatic rings. The van der Waals surface area contributed by atoms with Crippen molar-refractivity contribution in [3.63, 3.8) is 0 Å². The minimum Gasteiger partial charge on any atom is -0.331 e. The Bertz CT molecular complexity index is 1060. The van der Waals surface area contributed by atoms with Crippen LogP contribution < -0.4 is 0 Å². The van der Waals surface area contributed by atoms with E-state index in [4.69, 9.17) is 0 Å². The quantitative estimate of drug-likeness (QED) is 0.555. The van der Waals surface area contributed by atoms with Gasteiger partial charge in [0.25, 0.3) is 5.91 Å². The van der Waals surface area contributed by atoms with Crippen molar-refractivity contribution in [2.45, 2.75) is 19.9 Å². The molecule has 2 aromatic carbocycles. The Morgan fingerprint density at radius 1 is 1.15 bits per heavy atom. The first-order valence-corrected chi connectivity index (χ1v) is 9.59. The van der Waals surface area contributed by atoms with Gasteiger partial charge in [0.1, 0.15) is 10.7 Å². The van der Waals surface area contributed by atoms with Crippen LogP contribution in [0.2, 0.25) is 0 Å². The van der Waals surface area contributed by atoms with Crippen LogP contribution in [-0.2, 0) is 0 Å². The lowest BCUT2D eigenvalue weighted by Gasteiger charge is -2.22. The number of para-hydroxylation sites is 1. The largest absolute Gasteiger partial charge is 0.331 e. The number of thiazole rings is 1. The predicted octanol–water partition coefficient (Wildman–Crippen LogP) is 4.83. The lowest BCUT2D eigenvalue weighted by Crippen LogP contribution is -2.29. The standard InChI is InChI=1S/C21H20N4OS/c1-13-8-10-15(11-9-13)17-12-18(24-23-17)21(26)25(3)14(2)20-22-16-6-4-5-7-19(16)27-20/h4-12,14H,1-3H3,(H,23,24)/t14-/m0/s1. The van der Waals surface area contributed by atoms with Crippen molar-refractivity contribution < 1.29 is 4.79 Å². The lowest BCUT2D eigenvalue weighted by molar-refractivity contribution is 0.0736. The van der Waals surface area contributed by atoms with Crippen LogP contribution in [0.25, 0.3) is 21.5 Å². The van der Waals surface area contributed by atoms with Gasteiger partial charge in [0, 0.05) is 12.6 Å². The third kappa shape index (κ3) is 3.36. The van der Waals surface area contributed by atoms with Gasteiger partial charge >= 0.3 is 0 Å². The van der Waals surface area contributed by atoms with Crippen LogP contribution in [0.4, 0.5) is 0 Å². The van der Waals surface area contributed by atoms with Crippen LogP contribution in [-0.4, -0.2) is 33.0 Å². The highest BCUT2D eigenvalue weighted by molar-refractivity contribution is 7.18. The first-order valence-electron chi connectivity index (χ1n) is 8.78. The molecule has 136 valence electrons.